The van der Waals surface area contributed by atoms with Crippen molar-refractivity contribution >= 4 is 58.9 Å². The molecule has 2 aliphatic carbocycles. The van der Waals surface area contributed by atoms with Gasteiger partial charge in [-0.15, -0.1) is 0 Å². The topological polar surface area (TPSA) is 333 Å². The number of hydrogen-bond donors (Lipinski definition) is 7. The third-order valence-electron chi connectivity index (χ3n) is 16.0. The van der Waals surface area contributed by atoms with Crippen molar-refractivity contribution in [3.8, 4) is 0 Å². The Morgan fingerprint density at radius 2 is 1.34 bits per heavy atom. The van der Waals surface area contributed by atoms with E-state index in [1.807, 2.05) is 0 Å². The van der Waals surface area contributed by atoms with E-state index >= 15 is 14.4 Å². The maximum absolute atomic E-state index is 15.2. The zero-order valence-electron chi connectivity index (χ0n) is 45.2. The molecule has 2 saturated heterocycles. The van der Waals surface area contributed by atoms with E-state index in [0.29, 0.717) is 22.3 Å². The van der Waals surface area contributed by atoms with Gasteiger partial charge in [-0.05, 0) is 68.2 Å². The molecule has 25 heteroatoms. The van der Waals surface area contributed by atoms with E-state index in [2.05, 4.69) is 31.9 Å². The molecular formula is C55H69ClN10O14. The first-order valence-corrected chi connectivity index (χ1v) is 27.3. The third-order valence-corrected chi connectivity index (χ3v) is 16.3. The number of carbonyl (C=O) groups excluding carboxylic acids is 8. The van der Waals surface area contributed by atoms with Gasteiger partial charge in [0.15, 0.2) is 0 Å². The summed E-state index contributed by atoms with van der Waals surface area (Å²) in [5.74, 6) is -11.6. The summed E-state index contributed by atoms with van der Waals surface area (Å²) in [6.45, 7) is 9.88. The van der Waals surface area contributed by atoms with Crippen molar-refractivity contribution in [3.05, 3.63) is 127 Å². The highest BCUT2D eigenvalue weighted by molar-refractivity contribution is 6.30. The number of amides is 7. The first kappa shape index (κ1) is 59.8. The molecule has 3 aromatic rings. The zero-order chi connectivity index (χ0) is 58.3. The molecule has 1 aromatic heterocycles. The predicted molar refractivity (Wildman–Crippen MR) is 288 cm³/mol. The molecule has 0 spiro atoms. The number of hydrogen-bond acceptors (Lipinski definition) is 14. The summed E-state index contributed by atoms with van der Waals surface area (Å²) in [4.78, 5) is 142. The highest BCUT2D eigenvalue weighted by Gasteiger charge is 2.52. The Bertz CT molecular complexity index is 2850. The van der Waals surface area contributed by atoms with Crippen LogP contribution in [0.1, 0.15) is 114 Å². The minimum Gasteiger partial charge on any atom is -0.458 e. The molecular weight excluding hydrogens is 1060 g/mol. The molecule has 4 aliphatic rings. The number of rotatable bonds is 17. The molecule has 24 nitrogen and oxygen atoms in total. The van der Waals surface area contributed by atoms with Crippen LogP contribution in [0.2, 0.25) is 5.15 Å². The van der Waals surface area contributed by atoms with Crippen molar-refractivity contribution in [3.63, 3.8) is 0 Å². The van der Waals surface area contributed by atoms with E-state index in [-0.39, 0.29) is 43.8 Å². The molecule has 7 N–H and O–H groups in total. The Morgan fingerprint density at radius 1 is 0.787 bits per heavy atom. The van der Waals surface area contributed by atoms with Crippen molar-refractivity contribution in [2.45, 2.75) is 152 Å². The molecule has 0 radical (unpaired) electrons. The van der Waals surface area contributed by atoms with Gasteiger partial charge < -0.3 is 46.7 Å². The first-order chi connectivity index (χ1) is 38.0. The quantitative estimate of drug-likeness (QED) is 0.0335. The van der Waals surface area contributed by atoms with E-state index in [1.54, 1.807) is 107 Å². The molecule has 7 amide bonds. The van der Waals surface area contributed by atoms with Gasteiger partial charge in [0, 0.05) is 52.9 Å². The molecule has 3 heterocycles. The lowest BCUT2D eigenvalue weighted by atomic mass is 9.90. The highest BCUT2D eigenvalue weighted by Crippen LogP contribution is 2.39. The minimum absolute atomic E-state index is 0.00168. The van der Waals surface area contributed by atoms with Crippen LogP contribution >= 0.6 is 11.6 Å². The summed E-state index contributed by atoms with van der Waals surface area (Å²) < 4.78 is 6.43. The molecule has 2 aromatic carbocycles. The van der Waals surface area contributed by atoms with Crippen LogP contribution in [0.4, 0.5) is 0 Å². The van der Waals surface area contributed by atoms with Crippen LogP contribution < -0.4 is 31.9 Å². The fraction of sp³-hybridized carbons (Fsp3) is 0.527. The second-order valence-electron chi connectivity index (χ2n) is 21.5. The van der Waals surface area contributed by atoms with Gasteiger partial charge in [-0.1, -0.05) is 119 Å². The Hall–Kier alpha value is -7.89. The number of fused-ring (bicyclic) bond motifs is 1. The minimum atomic E-state index is -1.93. The van der Waals surface area contributed by atoms with Gasteiger partial charge >= 0.3 is 5.97 Å². The summed E-state index contributed by atoms with van der Waals surface area (Å²) in [7, 11) is 0. The molecule has 16 atom stereocenters. The average Bonchev–Trinajstić information content (AvgIpc) is 4.33. The Morgan fingerprint density at radius 3 is 1.86 bits per heavy atom. The number of carbonyl (C=O) groups is 8. The zero-order valence-corrected chi connectivity index (χ0v) is 45.9. The predicted octanol–water partition coefficient (Wildman–Crippen LogP) is 3.40. The number of nitrogens with one attached hydrogen (secondary N) is 6. The van der Waals surface area contributed by atoms with Gasteiger partial charge in [0.2, 0.25) is 47.5 Å². The number of benzene rings is 2. The average molecular weight is 1130 g/mol. The number of nitro groups is 2. The smallest absolute Gasteiger partial charge is 0.329 e. The third kappa shape index (κ3) is 14.1. The van der Waals surface area contributed by atoms with E-state index < -0.39 is 159 Å². The number of cyclic esters (lactones) is 1. The van der Waals surface area contributed by atoms with Gasteiger partial charge in [0.05, 0.1) is 0 Å². The summed E-state index contributed by atoms with van der Waals surface area (Å²) in [6.07, 6.45) is 1.86. The van der Waals surface area contributed by atoms with Crippen LogP contribution in [0, 0.1) is 43.9 Å². The summed E-state index contributed by atoms with van der Waals surface area (Å²) in [5.41, 5.74) is 0.721. The molecule has 430 valence electrons. The molecule has 2 aliphatic heterocycles. The van der Waals surface area contributed by atoms with Crippen LogP contribution in [0.25, 0.3) is 0 Å². The normalized spacial score (nSPS) is 29.1. The number of nitrogens with zero attached hydrogens (tertiary/aromatic N) is 4. The fourth-order valence-corrected chi connectivity index (χ4v) is 10.8. The monoisotopic (exact) mass is 1130 g/mol. The second kappa shape index (κ2) is 25.9. The maximum atomic E-state index is 15.2. The Labute approximate surface area is 466 Å². The molecule has 0 unspecified atom stereocenters. The number of ether oxygens (including phenoxy) is 1. The summed E-state index contributed by atoms with van der Waals surface area (Å²) in [6, 6.07) is 6.69. The van der Waals surface area contributed by atoms with Crippen LogP contribution in [-0.2, 0) is 38.3 Å². The molecule has 2 saturated carbocycles. The van der Waals surface area contributed by atoms with Crippen LogP contribution in [0.3, 0.4) is 0 Å². The lowest BCUT2D eigenvalue weighted by Gasteiger charge is -2.34. The van der Waals surface area contributed by atoms with Gasteiger partial charge in [-0.25, -0.2) is 4.79 Å². The maximum Gasteiger partial charge on any atom is 0.329 e. The fourth-order valence-electron chi connectivity index (χ4n) is 10.7. The number of allylic oxidation sites excluding steroid dienone is 1. The second-order valence-corrected chi connectivity index (χ2v) is 21.9. The molecule has 80 heavy (non-hydrogen) atoms. The van der Waals surface area contributed by atoms with E-state index in [9.17, 15) is 49.4 Å². The van der Waals surface area contributed by atoms with Crippen molar-refractivity contribution < 1.29 is 58.1 Å². The van der Waals surface area contributed by atoms with Crippen molar-refractivity contribution in [1.82, 2.24) is 41.5 Å². The van der Waals surface area contributed by atoms with Crippen LogP contribution in [0.15, 0.2) is 84.9 Å². The Balaban J connectivity index is 1.33. The van der Waals surface area contributed by atoms with Crippen molar-refractivity contribution in [2.24, 2.45) is 23.7 Å². The van der Waals surface area contributed by atoms with Crippen molar-refractivity contribution in [1.29, 1.82) is 0 Å². The lowest BCUT2D eigenvalue weighted by molar-refractivity contribution is -0.498. The van der Waals surface area contributed by atoms with Gasteiger partial charge in [-0.3, -0.25) is 53.8 Å². The standard InChI is InChI=1S/C55H69ClN10O14/c1-7-15-32-22-42-55(74)80-31(6)47(62-49(68)37(23-35-25-40(35)65(76)77)57-50(69)39-20-21-43(56)64(39)75)53(72)61-45(29(4)33-16-11-9-12-17-33)51(70)58-38(24-36-26-41(36)66(78)79)48(67)60-46(30(5)34-18-13-10-14-19-34)52(71)59-44(28(3)8-2)54(73)63(42)27-32/h7,9-21,28-32,35-38,40-42,44-47,75H,8,22-27H2,1-6H3,(H,57,69)(H,58,70)(H,59,71)(H,60,67)(H,61,72)(H,62,68)/b15-7-/t28-,29+,30+,31+,32-,35+,36+,37-,38+,40+,41+,42-,44-,45-,46-,47+/m0/s1. The van der Waals surface area contributed by atoms with Crippen LogP contribution in [0.5, 0.6) is 0 Å². The summed E-state index contributed by atoms with van der Waals surface area (Å²) in [5, 5.41) is 50.1. The van der Waals surface area contributed by atoms with E-state index in [0.717, 1.165) is 6.07 Å². The van der Waals surface area contributed by atoms with Crippen LogP contribution in [-0.4, -0.2) is 139 Å². The lowest BCUT2D eigenvalue weighted by Crippen LogP contribution is -2.62. The summed E-state index contributed by atoms with van der Waals surface area (Å²) >= 11 is 5.98. The first-order valence-electron chi connectivity index (χ1n) is 26.9. The number of aromatic nitrogens is 1. The van der Waals surface area contributed by atoms with E-state index in [4.69, 9.17) is 16.3 Å². The molecule has 0 bridgehead atoms. The Kier molecular flexibility index (Phi) is 19.4. The number of halogens is 1. The van der Waals surface area contributed by atoms with E-state index in [1.165, 1.54) is 17.9 Å². The van der Waals surface area contributed by atoms with Gasteiger partial charge in [0.25, 0.3) is 5.91 Å². The van der Waals surface area contributed by atoms with Gasteiger partial charge in [0.1, 0.15) is 59.2 Å². The molecule has 4 fully saturated rings. The largest absolute Gasteiger partial charge is 0.458 e. The number of esters is 1. The van der Waals surface area contributed by atoms with Crippen molar-refractivity contribution in [2.75, 3.05) is 6.54 Å². The highest BCUT2D eigenvalue weighted by atomic mass is 35.5. The molecule has 7 rings (SSSR count). The SMILES string of the molecule is C/C=C\[C@H]1C[C@H]2C(=O)O[C@H](C)[C@@H](NC(=O)[C@H](C[C@@H]3C[C@H]3[N+](=O)[O-])NC(=O)c3ccc(Cl)n3O)C(=O)N[C@@H]([C@H](C)c3ccccc3)C(=O)N[C@H](C[C@@H]3C[C@H]3[N+](=O)[O-])C(=O)N[C@@H]([C@H](C)c3ccccc3)C(=O)N[C@@H]([C@@H](C)CC)C(=O)N2C1. The van der Waals surface area contributed by atoms with Gasteiger partial charge in [-0.2, -0.15) is 4.73 Å².